The maximum atomic E-state index is 11.5. The van der Waals surface area contributed by atoms with Crippen LogP contribution in [-0.4, -0.2) is 42.9 Å². The second kappa shape index (κ2) is 8.04. The molecule has 0 saturated carbocycles. The van der Waals surface area contributed by atoms with Crippen molar-refractivity contribution in [3.05, 3.63) is 18.3 Å². The molecule has 1 amide bonds. The molecule has 2 N–H and O–H groups in total. The fraction of sp³-hybridized carbons (Fsp3) is 0.647. The van der Waals surface area contributed by atoms with E-state index >= 15 is 0 Å². The highest BCUT2D eigenvalue weighted by atomic mass is 16.6. The minimum Gasteiger partial charge on any atom is -0.444 e. The van der Waals surface area contributed by atoms with Gasteiger partial charge >= 0.3 is 6.09 Å². The molecule has 0 aliphatic carbocycles. The van der Waals surface area contributed by atoms with Gasteiger partial charge in [-0.05, 0) is 52.2 Å². The maximum Gasteiger partial charge on any atom is 0.407 e. The molecule has 6 heteroatoms. The Hall–Kier alpha value is -1.98. The second-order valence-corrected chi connectivity index (χ2v) is 6.81. The van der Waals surface area contributed by atoms with Gasteiger partial charge in [-0.25, -0.2) is 9.78 Å². The average molecular weight is 320 g/mol. The lowest BCUT2D eigenvalue weighted by Gasteiger charge is -2.27. The molecular formula is C17H28N4O2. The van der Waals surface area contributed by atoms with Gasteiger partial charge in [0.05, 0.1) is 11.9 Å². The third kappa shape index (κ3) is 6.34. The fourth-order valence-electron chi connectivity index (χ4n) is 2.49. The predicted octanol–water partition coefficient (Wildman–Crippen LogP) is 3.01. The van der Waals surface area contributed by atoms with Crippen molar-refractivity contribution in [2.45, 2.75) is 45.6 Å². The lowest BCUT2D eigenvalue weighted by atomic mass is 10.1. The van der Waals surface area contributed by atoms with E-state index in [1.54, 1.807) is 0 Å². The van der Waals surface area contributed by atoms with Crippen LogP contribution in [0.1, 0.15) is 40.0 Å². The van der Waals surface area contributed by atoms with Crippen LogP contribution < -0.4 is 15.5 Å². The van der Waals surface area contributed by atoms with Crippen LogP contribution in [0.4, 0.5) is 16.3 Å². The van der Waals surface area contributed by atoms with Crippen molar-refractivity contribution in [2.24, 2.45) is 0 Å². The number of amides is 1. The molecule has 1 fully saturated rings. The smallest absolute Gasteiger partial charge is 0.407 e. The Bertz CT molecular complexity index is 490. The SMILES string of the molecule is CC(C)(C)OC(=O)NCCNc1ccc(N2CCCCC2)nc1. The van der Waals surface area contributed by atoms with Crippen LogP contribution in [0.25, 0.3) is 0 Å². The molecular weight excluding hydrogens is 292 g/mol. The number of ether oxygens (including phenoxy) is 1. The fourth-order valence-corrected chi connectivity index (χ4v) is 2.49. The largest absolute Gasteiger partial charge is 0.444 e. The molecule has 2 rings (SSSR count). The van der Waals surface area contributed by atoms with E-state index in [4.69, 9.17) is 4.74 Å². The van der Waals surface area contributed by atoms with Crippen molar-refractivity contribution in [3.63, 3.8) is 0 Å². The van der Waals surface area contributed by atoms with Gasteiger partial charge in [0.1, 0.15) is 11.4 Å². The summed E-state index contributed by atoms with van der Waals surface area (Å²) in [5, 5.41) is 5.96. The number of alkyl carbamates (subject to hydrolysis) is 1. The maximum absolute atomic E-state index is 11.5. The molecule has 2 heterocycles. The minimum atomic E-state index is -0.467. The van der Waals surface area contributed by atoms with Crippen LogP contribution in [0.15, 0.2) is 18.3 Å². The Morgan fingerprint density at radius 3 is 2.57 bits per heavy atom. The first-order valence-corrected chi connectivity index (χ1v) is 8.36. The van der Waals surface area contributed by atoms with Crippen molar-refractivity contribution in [1.29, 1.82) is 0 Å². The molecule has 1 aromatic rings. The molecule has 23 heavy (non-hydrogen) atoms. The summed E-state index contributed by atoms with van der Waals surface area (Å²) in [5.74, 6) is 1.04. The quantitative estimate of drug-likeness (QED) is 0.816. The summed E-state index contributed by atoms with van der Waals surface area (Å²) in [4.78, 5) is 18.4. The molecule has 1 aliphatic heterocycles. The summed E-state index contributed by atoms with van der Waals surface area (Å²) in [6.07, 6.45) is 5.27. The third-order valence-corrected chi connectivity index (χ3v) is 3.55. The Kier molecular flexibility index (Phi) is 6.07. The van der Waals surface area contributed by atoms with Crippen molar-refractivity contribution < 1.29 is 9.53 Å². The Labute approximate surface area is 138 Å². The number of anilines is 2. The summed E-state index contributed by atoms with van der Waals surface area (Å²) in [7, 11) is 0. The molecule has 0 aromatic carbocycles. The van der Waals surface area contributed by atoms with Crippen molar-refractivity contribution in [1.82, 2.24) is 10.3 Å². The van der Waals surface area contributed by atoms with Gasteiger partial charge in [-0.1, -0.05) is 0 Å². The normalized spacial score (nSPS) is 15.2. The van der Waals surface area contributed by atoms with Crippen LogP contribution in [-0.2, 0) is 4.74 Å². The van der Waals surface area contributed by atoms with Crippen molar-refractivity contribution in [2.75, 3.05) is 36.4 Å². The summed E-state index contributed by atoms with van der Waals surface area (Å²) < 4.78 is 5.18. The average Bonchev–Trinajstić information content (AvgIpc) is 2.51. The van der Waals surface area contributed by atoms with E-state index in [1.807, 2.05) is 33.0 Å². The van der Waals surface area contributed by atoms with Gasteiger partial charge < -0.3 is 20.3 Å². The van der Waals surface area contributed by atoms with Crippen molar-refractivity contribution >= 4 is 17.6 Å². The number of nitrogens with one attached hydrogen (secondary N) is 2. The zero-order valence-electron chi connectivity index (χ0n) is 14.4. The van der Waals surface area contributed by atoms with E-state index in [1.165, 1.54) is 19.3 Å². The molecule has 0 spiro atoms. The zero-order chi connectivity index (χ0) is 16.7. The lowest BCUT2D eigenvalue weighted by molar-refractivity contribution is 0.0530. The van der Waals surface area contributed by atoms with Gasteiger partial charge in [0, 0.05) is 26.2 Å². The summed E-state index contributed by atoms with van der Waals surface area (Å²) >= 11 is 0. The molecule has 1 aromatic heterocycles. The summed E-state index contributed by atoms with van der Waals surface area (Å²) in [6.45, 7) is 8.87. The molecule has 1 aliphatic rings. The number of hydrogen-bond acceptors (Lipinski definition) is 5. The molecule has 128 valence electrons. The Balaban J connectivity index is 1.69. The zero-order valence-corrected chi connectivity index (χ0v) is 14.4. The van der Waals surface area contributed by atoms with E-state index < -0.39 is 11.7 Å². The molecule has 6 nitrogen and oxygen atoms in total. The first-order valence-electron chi connectivity index (χ1n) is 8.36. The van der Waals surface area contributed by atoms with Gasteiger partial charge in [0.15, 0.2) is 0 Å². The van der Waals surface area contributed by atoms with Crippen molar-refractivity contribution in [3.8, 4) is 0 Å². The molecule has 0 radical (unpaired) electrons. The van der Waals surface area contributed by atoms with Gasteiger partial charge in [0.2, 0.25) is 0 Å². The van der Waals surface area contributed by atoms with Crippen LogP contribution in [0.5, 0.6) is 0 Å². The van der Waals surface area contributed by atoms with Crippen LogP contribution in [0, 0.1) is 0 Å². The van der Waals surface area contributed by atoms with E-state index in [9.17, 15) is 4.79 Å². The standard InChI is InChI=1S/C17H28N4O2/c1-17(2,3)23-16(22)19-10-9-18-14-7-8-15(20-13-14)21-11-5-4-6-12-21/h7-8,13,18H,4-6,9-12H2,1-3H3,(H,19,22). The Morgan fingerprint density at radius 1 is 1.22 bits per heavy atom. The summed E-state index contributed by atoms with van der Waals surface area (Å²) in [5.41, 5.74) is 0.489. The molecule has 0 bridgehead atoms. The second-order valence-electron chi connectivity index (χ2n) is 6.81. The van der Waals surface area contributed by atoms with Gasteiger partial charge in [-0.15, -0.1) is 0 Å². The van der Waals surface area contributed by atoms with Gasteiger partial charge in [0.25, 0.3) is 0 Å². The van der Waals surface area contributed by atoms with Gasteiger partial charge in [-0.2, -0.15) is 0 Å². The number of piperidine rings is 1. The third-order valence-electron chi connectivity index (χ3n) is 3.55. The number of pyridine rings is 1. The minimum absolute atomic E-state index is 0.391. The Morgan fingerprint density at radius 2 is 1.96 bits per heavy atom. The van der Waals surface area contributed by atoms with Crippen LogP contribution in [0.2, 0.25) is 0 Å². The first kappa shape index (κ1) is 17.4. The number of carbonyl (C=O) groups is 1. The van der Waals surface area contributed by atoms with E-state index in [-0.39, 0.29) is 0 Å². The predicted molar refractivity (Wildman–Crippen MR) is 93.0 cm³/mol. The van der Waals surface area contributed by atoms with Crippen LogP contribution >= 0.6 is 0 Å². The number of rotatable bonds is 5. The van der Waals surface area contributed by atoms with E-state index in [0.717, 1.165) is 24.6 Å². The number of carbonyl (C=O) groups excluding carboxylic acids is 1. The van der Waals surface area contributed by atoms with Crippen LogP contribution in [0.3, 0.4) is 0 Å². The highest BCUT2D eigenvalue weighted by Gasteiger charge is 2.15. The van der Waals surface area contributed by atoms with E-state index in [0.29, 0.717) is 13.1 Å². The number of aromatic nitrogens is 1. The van der Waals surface area contributed by atoms with Gasteiger partial charge in [-0.3, -0.25) is 0 Å². The number of hydrogen-bond donors (Lipinski definition) is 2. The van der Waals surface area contributed by atoms with E-state index in [2.05, 4.69) is 26.6 Å². The topological polar surface area (TPSA) is 66.5 Å². The number of nitrogens with zero attached hydrogens (tertiary/aromatic N) is 2. The molecule has 1 saturated heterocycles. The molecule has 0 unspecified atom stereocenters. The highest BCUT2D eigenvalue weighted by Crippen LogP contribution is 2.18. The highest BCUT2D eigenvalue weighted by molar-refractivity contribution is 5.67. The lowest BCUT2D eigenvalue weighted by Crippen LogP contribution is -2.35. The molecule has 0 atom stereocenters. The first-order chi connectivity index (χ1) is 10.9. The monoisotopic (exact) mass is 320 g/mol. The summed E-state index contributed by atoms with van der Waals surface area (Å²) in [6, 6.07) is 4.08.